The fraction of sp³-hybridized carbons (Fsp3) is 1.00. The van der Waals surface area contributed by atoms with Crippen LogP contribution in [0.2, 0.25) is 0 Å². The lowest BCUT2D eigenvalue weighted by Gasteiger charge is -2.45. The van der Waals surface area contributed by atoms with Gasteiger partial charge in [-0.05, 0) is 67.6 Å². The monoisotopic (exact) mass is 274 g/mol. The lowest BCUT2D eigenvalue weighted by Crippen LogP contribution is -2.46. The van der Waals surface area contributed by atoms with E-state index in [-0.39, 0.29) is 5.92 Å². The SMILES string of the molecule is CC.CC1(C(F)(F)F)CC2CC1C1C3CCC(C3)C21. The van der Waals surface area contributed by atoms with Crippen LogP contribution in [0, 0.1) is 40.9 Å². The number of alkyl halides is 3. The highest BCUT2D eigenvalue weighted by molar-refractivity contribution is 5.15. The van der Waals surface area contributed by atoms with E-state index in [2.05, 4.69) is 0 Å². The fourth-order valence-electron chi connectivity index (χ4n) is 6.24. The van der Waals surface area contributed by atoms with Gasteiger partial charge in [-0.25, -0.2) is 0 Å². The molecule has 7 atom stereocenters. The third-order valence-electron chi connectivity index (χ3n) is 6.76. The molecule has 4 saturated carbocycles. The van der Waals surface area contributed by atoms with Gasteiger partial charge in [0.1, 0.15) is 0 Å². The largest absolute Gasteiger partial charge is 0.394 e. The van der Waals surface area contributed by atoms with Gasteiger partial charge >= 0.3 is 6.18 Å². The first-order chi connectivity index (χ1) is 8.92. The van der Waals surface area contributed by atoms with E-state index in [4.69, 9.17) is 0 Å². The van der Waals surface area contributed by atoms with Crippen LogP contribution in [0.3, 0.4) is 0 Å². The third-order valence-corrected chi connectivity index (χ3v) is 6.76. The van der Waals surface area contributed by atoms with E-state index in [9.17, 15) is 13.2 Å². The molecule has 4 rings (SSSR count). The minimum Gasteiger partial charge on any atom is -0.171 e. The first-order valence-corrected chi connectivity index (χ1v) is 7.98. The van der Waals surface area contributed by atoms with Gasteiger partial charge in [0.15, 0.2) is 0 Å². The van der Waals surface area contributed by atoms with Crippen LogP contribution in [0.1, 0.15) is 52.9 Å². The van der Waals surface area contributed by atoms with Crippen molar-refractivity contribution in [1.82, 2.24) is 0 Å². The number of rotatable bonds is 0. The Morgan fingerprint density at radius 2 is 1.47 bits per heavy atom. The minimum absolute atomic E-state index is 0.0483. The molecule has 0 saturated heterocycles. The maximum Gasteiger partial charge on any atom is 0.394 e. The molecular formula is C16H25F3. The summed E-state index contributed by atoms with van der Waals surface area (Å²) in [6.45, 7) is 5.50. The molecule has 4 aliphatic rings. The number of hydrogen-bond donors (Lipinski definition) is 0. The zero-order valence-electron chi connectivity index (χ0n) is 12.1. The fourth-order valence-corrected chi connectivity index (χ4v) is 6.24. The number of halogens is 3. The Morgan fingerprint density at radius 3 is 2.05 bits per heavy atom. The van der Waals surface area contributed by atoms with Crippen molar-refractivity contribution in [1.29, 1.82) is 0 Å². The lowest BCUT2D eigenvalue weighted by molar-refractivity contribution is -0.245. The molecule has 0 radical (unpaired) electrons. The molecule has 0 heterocycles. The molecule has 0 nitrogen and oxygen atoms in total. The molecule has 0 spiro atoms. The van der Waals surface area contributed by atoms with Crippen LogP contribution >= 0.6 is 0 Å². The van der Waals surface area contributed by atoms with E-state index in [1.165, 1.54) is 26.2 Å². The molecule has 0 aromatic heterocycles. The third kappa shape index (κ3) is 1.59. The average Bonchev–Trinajstić information content (AvgIpc) is 3.06. The molecular weight excluding hydrogens is 249 g/mol. The van der Waals surface area contributed by atoms with Gasteiger partial charge < -0.3 is 0 Å². The van der Waals surface area contributed by atoms with E-state index in [1.54, 1.807) is 0 Å². The van der Waals surface area contributed by atoms with Crippen molar-refractivity contribution in [2.45, 2.75) is 59.1 Å². The van der Waals surface area contributed by atoms with Crippen molar-refractivity contribution in [3.63, 3.8) is 0 Å². The molecule has 0 aromatic rings. The van der Waals surface area contributed by atoms with Gasteiger partial charge in [-0.1, -0.05) is 20.8 Å². The standard InChI is InChI=1S/C14H19F3.C2H6/c1-13(14(15,16)17)6-9-5-10(13)12-8-3-2-7(4-8)11(9)12;1-2/h7-12H,2-6H2,1H3;1-2H3. The van der Waals surface area contributed by atoms with E-state index in [1.807, 2.05) is 13.8 Å². The smallest absolute Gasteiger partial charge is 0.171 e. The number of hydrogen-bond acceptors (Lipinski definition) is 0. The van der Waals surface area contributed by atoms with Gasteiger partial charge in [0.05, 0.1) is 5.41 Å². The Balaban J connectivity index is 0.000000528. The van der Waals surface area contributed by atoms with E-state index >= 15 is 0 Å². The molecule has 4 bridgehead atoms. The summed E-state index contributed by atoms with van der Waals surface area (Å²) in [6, 6.07) is 0. The molecule has 0 N–H and O–H groups in total. The summed E-state index contributed by atoms with van der Waals surface area (Å²) in [4.78, 5) is 0. The highest BCUT2D eigenvalue weighted by Crippen LogP contribution is 2.74. The summed E-state index contributed by atoms with van der Waals surface area (Å²) in [5, 5.41) is 0. The summed E-state index contributed by atoms with van der Waals surface area (Å²) >= 11 is 0. The topological polar surface area (TPSA) is 0 Å². The van der Waals surface area contributed by atoms with Crippen molar-refractivity contribution in [2.24, 2.45) is 40.9 Å². The van der Waals surface area contributed by atoms with Crippen LogP contribution in [-0.4, -0.2) is 6.18 Å². The predicted molar refractivity (Wildman–Crippen MR) is 69.5 cm³/mol. The second-order valence-corrected chi connectivity index (χ2v) is 7.21. The van der Waals surface area contributed by atoms with Crippen molar-refractivity contribution in [2.75, 3.05) is 0 Å². The highest BCUT2D eigenvalue weighted by atomic mass is 19.4. The second kappa shape index (κ2) is 4.14. The number of fused-ring (bicyclic) bond motifs is 9. The van der Waals surface area contributed by atoms with Gasteiger partial charge in [0.25, 0.3) is 0 Å². The molecule has 7 unspecified atom stereocenters. The molecule has 0 aliphatic heterocycles. The molecule has 3 heteroatoms. The van der Waals surface area contributed by atoms with Crippen LogP contribution in [0.4, 0.5) is 13.2 Å². The zero-order valence-corrected chi connectivity index (χ0v) is 12.1. The summed E-state index contributed by atoms with van der Waals surface area (Å²) in [5.74, 6) is 2.88. The van der Waals surface area contributed by atoms with E-state index < -0.39 is 11.6 Å². The second-order valence-electron chi connectivity index (χ2n) is 7.21. The normalized spacial score (nSPS) is 54.0. The summed E-state index contributed by atoms with van der Waals surface area (Å²) in [7, 11) is 0. The van der Waals surface area contributed by atoms with Gasteiger partial charge in [-0.3, -0.25) is 0 Å². The minimum atomic E-state index is -3.99. The first kappa shape index (κ1) is 13.8. The van der Waals surface area contributed by atoms with Crippen molar-refractivity contribution < 1.29 is 13.2 Å². The summed E-state index contributed by atoms with van der Waals surface area (Å²) in [5.41, 5.74) is -1.36. The van der Waals surface area contributed by atoms with Gasteiger partial charge in [0.2, 0.25) is 0 Å². The van der Waals surface area contributed by atoms with Crippen LogP contribution in [-0.2, 0) is 0 Å². The van der Waals surface area contributed by atoms with Crippen LogP contribution in [0.5, 0.6) is 0 Å². The van der Waals surface area contributed by atoms with Gasteiger partial charge in [-0.2, -0.15) is 13.2 Å². The van der Waals surface area contributed by atoms with Crippen molar-refractivity contribution in [3.05, 3.63) is 0 Å². The predicted octanol–water partition coefficient (Wildman–Crippen LogP) is 5.28. The maximum absolute atomic E-state index is 13.3. The Morgan fingerprint density at radius 1 is 0.895 bits per heavy atom. The molecule has 110 valence electrons. The molecule has 4 fully saturated rings. The van der Waals surface area contributed by atoms with Gasteiger partial charge in [-0.15, -0.1) is 0 Å². The molecule has 19 heavy (non-hydrogen) atoms. The van der Waals surface area contributed by atoms with Crippen molar-refractivity contribution in [3.8, 4) is 0 Å². The first-order valence-electron chi connectivity index (χ1n) is 7.98. The lowest BCUT2D eigenvalue weighted by atomic mass is 9.61. The zero-order chi connectivity index (χ0) is 14.0. The van der Waals surface area contributed by atoms with Crippen LogP contribution < -0.4 is 0 Å². The van der Waals surface area contributed by atoms with E-state index in [0.717, 1.165) is 12.3 Å². The highest BCUT2D eigenvalue weighted by Gasteiger charge is 2.71. The Kier molecular flexibility index (Phi) is 3.00. The van der Waals surface area contributed by atoms with Crippen molar-refractivity contribution >= 4 is 0 Å². The maximum atomic E-state index is 13.3. The molecule has 0 aromatic carbocycles. The average molecular weight is 274 g/mol. The Bertz CT molecular complexity index is 361. The summed E-state index contributed by atoms with van der Waals surface area (Å²) in [6.07, 6.45) is 1.07. The Hall–Kier alpha value is -0.210. The van der Waals surface area contributed by atoms with Gasteiger partial charge in [0, 0.05) is 0 Å². The molecule has 0 amide bonds. The van der Waals surface area contributed by atoms with Crippen LogP contribution in [0.15, 0.2) is 0 Å². The Labute approximate surface area is 114 Å². The summed E-state index contributed by atoms with van der Waals surface area (Å²) < 4.78 is 39.9. The quantitative estimate of drug-likeness (QED) is 0.527. The van der Waals surface area contributed by atoms with Crippen LogP contribution in [0.25, 0.3) is 0 Å². The molecule has 4 aliphatic carbocycles. The van der Waals surface area contributed by atoms with E-state index in [0.29, 0.717) is 30.1 Å².